The van der Waals surface area contributed by atoms with Gasteiger partial charge in [-0.05, 0) is 72.1 Å². The van der Waals surface area contributed by atoms with E-state index in [1.807, 2.05) is 24.3 Å². The second-order valence-electron chi connectivity index (χ2n) is 3.31. The highest BCUT2D eigenvalue weighted by molar-refractivity contribution is 9.13. The quantitative estimate of drug-likeness (QED) is 0.644. The number of nitrogens with one attached hydrogen (secondary N) is 1. The molecule has 0 aliphatic rings. The predicted molar refractivity (Wildman–Crippen MR) is 80.6 cm³/mol. The van der Waals surface area contributed by atoms with Crippen LogP contribution in [0, 0.1) is 0 Å². The van der Waals surface area contributed by atoms with Gasteiger partial charge in [-0.3, -0.25) is 0 Å². The molecule has 1 aromatic heterocycles. The molecule has 90 valence electrons. The van der Waals surface area contributed by atoms with Crippen LogP contribution < -0.4 is 5.32 Å². The van der Waals surface area contributed by atoms with Crippen molar-refractivity contribution in [3.63, 3.8) is 0 Å². The molecule has 0 spiro atoms. The summed E-state index contributed by atoms with van der Waals surface area (Å²) in [6, 6.07) is 7.50. The minimum Gasteiger partial charge on any atom is -0.451 e. The molecule has 0 aliphatic carbocycles. The van der Waals surface area contributed by atoms with Crippen LogP contribution in [0.5, 0.6) is 0 Å². The van der Waals surface area contributed by atoms with Gasteiger partial charge in [-0.25, -0.2) is 0 Å². The fraction of sp³-hybridized carbons (Fsp3) is 0.0909. The Balaban J connectivity index is 2.09. The van der Waals surface area contributed by atoms with Gasteiger partial charge in [-0.1, -0.05) is 11.6 Å². The minimum atomic E-state index is 0.586. The molecule has 2 aromatic rings. The van der Waals surface area contributed by atoms with Crippen molar-refractivity contribution in [1.82, 2.24) is 0 Å². The molecule has 1 N–H and O–H groups in total. The normalized spacial score (nSPS) is 10.6. The van der Waals surface area contributed by atoms with Crippen molar-refractivity contribution < 1.29 is 4.42 Å². The molecule has 17 heavy (non-hydrogen) atoms. The zero-order valence-corrected chi connectivity index (χ0v) is 14.0. The standard InChI is InChI=1S/C11H7Br3ClNO/c12-8-2-1-6(15)3-10(8)16-5-7-4-9(13)11(14)17-7/h1-4,16H,5H2. The number of hydrogen-bond acceptors (Lipinski definition) is 2. The Morgan fingerprint density at radius 1 is 1.12 bits per heavy atom. The van der Waals surface area contributed by atoms with E-state index in [1.165, 1.54) is 0 Å². The third-order valence-corrected chi connectivity index (χ3v) is 4.71. The Labute approximate surface area is 129 Å². The molecule has 0 radical (unpaired) electrons. The molecule has 6 heteroatoms. The first kappa shape index (κ1) is 13.5. The van der Waals surface area contributed by atoms with Crippen LogP contribution >= 0.6 is 59.4 Å². The van der Waals surface area contributed by atoms with Gasteiger partial charge in [0.05, 0.1) is 16.7 Å². The number of hydrogen-bond donors (Lipinski definition) is 1. The maximum absolute atomic E-state index is 5.93. The van der Waals surface area contributed by atoms with Gasteiger partial charge < -0.3 is 9.73 Å². The van der Waals surface area contributed by atoms with Gasteiger partial charge in [0.25, 0.3) is 0 Å². The van der Waals surface area contributed by atoms with Gasteiger partial charge in [0.2, 0.25) is 0 Å². The number of rotatable bonds is 3. The third-order valence-electron chi connectivity index (χ3n) is 2.08. The molecule has 0 atom stereocenters. The summed E-state index contributed by atoms with van der Waals surface area (Å²) in [6.45, 7) is 0.586. The molecule has 1 aromatic carbocycles. The molecule has 0 bridgehead atoms. The first-order chi connectivity index (χ1) is 8.06. The molecular weight excluding hydrogens is 437 g/mol. The van der Waals surface area contributed by atoms with Crippen LogP contribution in [0.15, 0.2) is 42.3 Å². The Morgan fingerprint density at radius 3 is 2.53 bits per heavy atom. The number of furan rings is 1. The van der Waals surface area contributed by atoms with Crippen LogP contribution in [-0.4, -0.2) is 0 Å². The molecule has 0 fully saturated rings. The average Bonchev–Trinajstić information content (AvgIpc) is 2.60. The second kappa shape index (κ2) is 5.78. The number of halogens is 4. The zero-order chi connectivity index (χ0) is 12.4. The number of anilines is 1. The molecule has 1 heterocycles. The van der Waals surface area contributed by atoms with Gasteiger partial charge in [-0.15, -0.1) is 0 Å². The van der Waals surface area contributed by atoms with E-state index < -0.39 is 0 Å². The molecular formula is C11H7Br3ClNO. The van der Waals surface area contributed by atoms with Gasteiger partial charge in [0, 0.05) is 9.50 Å². The Bertz CT molecular complexity index is 522. The smallest absolute Gasteiger partial charge is 0.183 e. The largest absolute Gasteiger partial charge is 0.451 e. The summed E-state index contributed by atoms with van der Waals surface area (Å²) in [6.07, 6.45) is 0. The van der Waals surface area contributed by atoms with E-state index in [1.54, 1.807) is 0 Å². The van der Waals surface area contributed by atoms with Crippen molar-refractivity contribution in [2.45, 2.75) is 6.54 Å². The SMILES string of the molecule is Clc1ccc(Br)c(NCc2cc(Br)c(Br)o2)c1. The fourth-order valence-electron chi connectivity index (χ4n) is 1.29. The van der Waals surface area contributed by atoms with Crippen LogP contribution in [0.3, 0.4) is 0 Å². The Hall–Kier alpha value is 0.0300. The molecule has 0 saturated heterocycles. The van der Waals surface area contributed by atoms with Crippen molar-refractivity contribution in [1.29, 1.82) is 0 Å². The highest BCUT2D eigenvalue weighted by Gasteiger charge is 2.07. The van der Waals surface area contributed by atoms with Crippen molar-refractivity contribution in [2.24, 2.45) is 0 Å². The topological polar surface area (TPSA) is 25.2 Å². The van der Waals surface area contributed by atoms with Gasteiger partial charge in [0.15, 0.2) is 4.67 Å². The van der Waals surface area contributed by atoms with Crippen molar-refractivity contribution >= 4 is 65.1 Å². The first-order valence-electron chi connectivity index (χ1n) is 4.69. The van der Waals surface area contributed by atoms with Crippen LogP contribution in [0.2, 0.25) is 5.02 Å². The predicted octanol–water partition coefficient (Wildman–Crippen LogP) is 5.83. The van der Waals surface area contributed by atoms with Crippen LogP contribution in [0.4, 0.5) is 5.69 Å². The minimum absolute atomic E-state index is 0.586. The zero-order valence-electron chi connectivity index (χ0n) is 8.44. The molecule has 0 unspecified atom stereocenters. The van der Waals surface area contributed by atoms with E-state index >= 15 is 0 Å². The van der Waals surface area contributed by atoms with E-state index in [2.05, 4.69) is 53.1 Å². The summed E-state index contributed by atoms with van der Waals surface area (Å²) < 4.78 is 8.03. The average molecular weight is 444 g/mol. The van der Waals surface area contributed by atoms with E-state index in [0.717, 1.165) is 20.4 Å². The van der Waals surface area contributed by atoms with Crippen molar-refractivity contribution in [3.8, 4) is 0 Å². The fourth-order valence-corrected chi connectivity index (χ4v) is 2.51. The highest BCUT2D eigenvalue weighted by atomic mass is 79.9. The lowest BCUT2D eigenvalue weighted by Crippen LogP contribution is -1.98. The van der Waals surface area contributed by atoms with E-state index in [0.29, 0.717) is 16.2 Å². The summed E-state index contributed by atoms with van der Waals surface area (Å²) in [4.78, 5) is 0. The highest BCUT2D eigenvalue weighted by Crippen LogP contribution is 2.29. The maximum atomic E-state index is 5.93. The molecule has 0 amide bonds. The summed E-state index contributed by atoms with van der Waals surface area (Å²) in [5.41, 5.74) is 0.932. The van der Waals surface area contributed by atoms with E-state index in [-0.39, 0.29) is 0 Å². The van der Waals surface area contributed by atoms with E-state index in [4.69, 9.17) is 16.0 Å². The first-order valence-corrected chi connectivity index (χ1v) is 7.44. The summed E-state index contributed by atoms with van der Waals surface area (Å²) in [5.74, 6) is 0.829. The Morgan fingerprint density at radius 2 is 1.88 bits per heavy atom. The number of benzene rings is 1. The molecule has 2 rings (SSSR count). The van der Waals surface area contributed by atoms with Crippen LogP contribution in [0.1, 0.15) is 5.76 Å². The molecule has 2 nitrogen and oxygen atoms in total. The van der Waals surface area contributed by atoms with Gasteiger partial charge in [-0.2, -0.15) is 0 Å². The van der Waals surface area contributed by atoms with Gasteiger partial charge in [0.1, 0.15) is 5.76 Å². The second-order valence-corrected chi connectivity index (χ2v) is 6.18. The lowest BCUT2D eigenvalue weighted by molar-refractivity contribution is 0.494. The van der Waals surface area contributed by atoms with Crippen LogP contribution in [0.25, 0.3) is 0 Å². The van der Waals surface area contributed by atoms with Crippen molar-refractivity contribution in [2.75, 3.05) is 5.32 Å². The van der Waals surface area contributed by atoms with E-state index in [9.17, 15) is 0 Å². The maximum Gasteiger partial charge on any atom is 0.183 e. The third kappa shape index (κ3) is 3.50. The lowest BCUT2D eigenvalue weighted by atomic mass is 10.3. The van der Waals surface area contributed by atoms with Crippen LogP contribution in [-0.2, 0) is 6.54 Å². The lowest BCUT2D eigenvalue weighted by Gasteiger charge is -2.07. The molecule has 0 saturated carbocycles. The summed E-state index contributed by atoms with van der Waals surface area (Å²) in [5, 5.41) is 3.94. The summed E-state index contributed by atoms with van der Waals surface area (Å²) >= 11 is 16.0. The Kier molecular flexibility index (Phi) is 4.58. The van der Waals surface area contributed by atoms with Crippen molar-refractivity contribution in [3.05, 3.63) is 48.7 Å². The summed E-state index contributed by atoms with van der Waals surface area (Å²) in [7, 11) is 0. The monoisotopic (exact) mass is 441 g/mol. The molecule has 0 aliphatic heterocycles. The van der Waals surface area contributed by atoms with Gasteiger partial charge >= 0.3 is 0 Å².